The third kappa shape index (κ3) is 5.05. The molecule has 1 unspecified atom stereocenters. The molecule has 1 aliphatic rings. The van der Waals surface area contributed by atoms with Crippen LogP contribution in [-0.4, -0.2) is 47.0 Å². The highest BCUT2D eigenvalue weighted by Crippen LogP contribution is 2.30. The Morgan fingerprint density at radius 2 is 1.72 bits per heavy atom. The van der Waals surface area contributed by atoms with Crippen molar-refractivity contribution in [2.75, 3.05) is 12.9 Å². The molecule has 1 saturated heterocycles. The van der Waals surface area contributed by atoms with Crippen LogP contribution in [-0.2, 0) is 9.47 Å². The predicted octanol–water partition coefficient (Wildman–Crippen LogP) is 2.13. The minimum Gasteiger partial charge on any atom is -0.387 e. The molecule has 18 heavy (non-hydrogen) atoms. The number of rotatable bonds is 9. The highest BCUT2D eigenvalue weighted by molar-refractivity contribution is 7.99. The first kappa shape index (κ1) is 16.2. The average Bonchev–Trinajstić information content (AvgIpc) is 2.65. The minimum absolute atomic E-state index is 0.361. The second-order valence-corrected chi connectivity index (χ2v) is 5.93. The molecular formula is C13H26O4S. The van der Waals surface area contributed by atoms with Gasteiger partial charge in [-0.05, 0) is 12.2 Å². The Morgan fingerprint density at radius 3 is 2.33 bits per heavy atom. The lowest BCUT2D eigenvalue weighted by atomic mass is 10.1. The Morgan fingerprint density at radius 1 is 1.06 bits per heavy atom. The zero-order valence-corrected chi connectivity index (χ0v) is 12.2. The normalized spacial score (nSPS) is 32.0. The molecule has 0 aromatic rings. The van der Waals surface area contributed by atoms with Gasteiger partial charge >= 0.3 is 0 Å². The summed E-state index contributed by atoms with van der Waals surface area (Å²) < 4.78 is 10.4. The van der Waals surface area contributed by atoms with E-state index in [1.54, 1.807) is 11.8 Å². The molecule has 1 fully saturated rings. The van der Waals surface area contributed by atoms with E-state index in [1.165, 1.54) is 39.2 Å². The van der Waals surface area contributed by atoms with Gasteiger partial charge < -0.3 is 19.7 Å². The molecule has 0 bridgehead atoms. The number of hydrogen-bond donors (Lipinski definition) is 2. The van der Waals surface area contributed by atoms with E-state index in [0.717, 1.165) is 12.2 Å². The predicted molar refractivity (Wildman–Crippen MR) is 73.5 cm³/mol. The molecule has 0 amide bonds. The molecule has 1 heterocycles. The number of methoxy groups -OCH3 is 1. The number of hydrogen-bond acceptors (Lipinski definition) is 5. The van der Waals surface area contributed by atoms with Crippen LogP contribution in [0.2, 0.25) is 0 Å². The smallest absolute Gasteiger partial charge is 0.187 e. The Kier molecular flexibility index (Phi) is 8.26. The van der Waals surface area contributed by atoms with E-state index in [-0.39, 0.29) is 5.44 Å². The van der Waals surface area contributed by atoms with E-state index in [9.17, 15) is 10.2 Å². The van der Waals surface area contributed by atoms with Crippen LogP contribution in [0.1, 0.15) is 45.4 Å². The molecule has 4 atom stereocenters. The number of aliphatic hydroxyl groups excluding tert-OH is 2. The van der Waals surface area contributed by atoms with E-state index < -0.39 is 18.5 Å². The summed E-state index contributed by atoms with van der Waals surface area (Å²) in [5.74, 6) is 0.955. The van der Waals surface area contributed by atoms with E-state index in [4.69, 9.17) is 9.47 Å². The van der Waals surface area contributed by atoms with Gasteiger partial charge in [0.1, 0.15) is 17.6 Å². The number of ether oxygens (including phenoxy) is 2. The van der Waals surface area contributed by atoms with Crippen LogP contribution in [0.4, 0.5) is 0 Å². The number of aliphatic hydroxyl groups is 2. The van der Waals surface area contributed by atoms with E-state index >= 15 is 0 Å². The molecular weight excluding hydrogens is 252 g/mol. The maximum Gasteiger partial charge on any atom is 0.187 e. The first-order valence-electron chi connectivity index (χ1n) is 6.86. The molecule has 2 N–H and O–H groups in total. The van der Waals surface area contributed by atoms with Crippen LogP contribution < -0.4 is 0 Å². The van der Waals surface area contributed by atoms with E-state index in [0.29, 0.717) is 0 Å². The first-order valence-corrected chi connectivity index (χ1v) is 7.91. The molecule has 5 heteroatoms. The van der Waals surface area contributed by atoms with Crippen molar-refractivity contribution in [2.24, 2.45) is 0 Å². The van der Waals surface area contributed by atoms with Gasteiger partial charge in [0, 0.05) is 7.11 Å². The third-order valence-corrected chi connectivity index (χ3v) is 4.43. The monoisotopic (exact) mass is 278 g/mol. The van der Waals surface area contributed by atoms with Crippen molar-refractivity contribution >= 4 is 11.8 Å². The molecule has 1 rings (SSSR count). The van der Waals surface area contributed by atoms with Crippen LogP contribution in [0.15, 0.2) is 0 Å². The Labute approximate surface area is 114 Å². The van der Waals surface area contributed by atoms with Crippen LogP contribution in [0, 0.1) is 0 Å². The van der Waals surface area contributed by atoms with Crippen molar-refractivity contribution < 1.29 is 19.7 Å². The van der Waals surface area contributed by atoms with Gasteiger partial charge in [0.15, 0.2) is 6.29 Å². The van der Waals surface area contributed by atoms with E-state index in [1.807, 2.05) is 0 Å². The molecule has 0 aromatic carbocycles. The molecule has 1 aliphatic heterocycles. The highest BCUT2D eigenvalue weighted by Gasteiger charge is 2.42. The van der Waals surface area contributed by atoms with Gasteiger partial charge in [-0.15, -0.1) is 11.8 Å². The highest BCUT2D eigenvalue weighted by atomic mass is 32.2. The van der Waals surface area contributed by atoms with Gasteiger partial charge in [-0.3, -0.25) is 0 Å². The Balaban J connectivity index is 2.05. The Hall–Kier alpha value is 0.190. The van der Waals surface area contributed by atoms with Crippen molar-refractivity contribution in [1.82, 2.24) is 0 Å². The van der Waals surface area contributed by atoms with Gasteiger partial charge in [0.2, 0.25) is 0 Å². The van der Waals surface area contributed by atoms with Gasteiger partial charge in [0.25, 0.3) is 0 Å². The first-order chi connectivity index (χ1) is 8.70. The number of unbranched alkanes of at least 4 members (excludes halogenated alkanes) is 5. The van der Waals surface area contributed by atoms with Crippen molar-refractivity contribution in [3.05, 3.63) is 0 Å². The quantitative estimate of drug-likeness (QED) is 0.633. The lowest BCUT2D eigenvalue weighted by Gasteiger charge is -2.13. The summed E-state index contributed by atoms with van der Waals surface area (Å²) in [6, 6.07) is 0. The second kappa shape index (κ2) is 9.15. The second-order valence-electron chi connectivity index (χ2n) is 4.73. The summed E-state index contributed by atoms with van der Waals surface area (Å²) in [6.45, 7) is 2.21. The van der Waals surface area contributed by atoms with Crippen molar-refractivity contribution in [3.63, 3.8) is 0 Å². The number of thioether (sulfide) groups is 1. The SMILES string of the molecule is CCCCCCCCSC1O[C@H](OC)[C@@H](O)[C@@H]1O. The van der Waals surface area contributed by atoms with Gasteiger partial charge in [-0.25, -0.2) is 0 Å². The van der Waals surface area contributed by atoms with E-state index in [2.05, 4.69) is 6.92 Å². The Bertz CT molecular complexity index is 215. The zero-order valence-electron chi connectivity index (χ0n) is 11.4. The fraction of sp³-hybridized carbons (Fsp3) is 1.00. The average molecular weight is 278 g/mol. The van der Waals surface area contributed by atoms with Crippen molar-refractivity contribution in [2.45, 2.75) is 69.4 Å². The third-order valence-electron chi connectivity index (χ3n) is 3.19. The molecule has 0 spiro atoms. The van der Waals surface area contributed by atoms with Crippen LogP contribution in [0.25, 0.3) is 0 Å². The molecule has 0 saturated carbocycles. The summed E-state index contributed by atoms with van der Waals surface area (Å²) in [6.07, 6.45) is 5.08. The molecule has 0 aromatic heterocycles. The summed E-state index contributed by atoms with van der Waals surface area (Å²) in [7, 11) is 1.47. The zero-order chi connectivity index (χ0) is 13.4. The van der Waals surface area contributed by atoms with Crippen molar-refractivity contribution in [3.8, 4) is 0 Å². The minimum atomic E-state index is -0.933. The fourth-order valence-corrected chi connectivity index (χ4v) is 3.18. The van der Waals surface area contributed by atoms with Crippen LogP contribution >= 0.6 is 11.8 Å². The van der Waals surface area contributed by atoms with Crippen LogP contribution in [0.3, 0.4) is 0 Å². The van der Waals surface area contributed by atoms with Crippen molar-refractivity contribution in [1.29, 1.82) is 0 Å². The lowest BCUT2D eigenvalue weighted by Crippen LogP contribution is -2.32. The molecule has 0 aliphatic carbocycles. The standard InChI is InChI=1S/C13H26O4S/c1-3-4-5-6-7-8-9-18-13-11(15)10(14)12(16-2)17-13/h10-15H,3-9H2,1-2H3/t10-,11-,12-,13?/m0/s1. The molecule has 108 valence electrons. The van der Waals surface area contributed by atoms with Gasteiger partial charge in [-0.1, -0.05) is 39.0 Å². The lowest BCUT2D eigenvalue weighted by molar-refractivity contribution is -0.138. The summed E-state index contributed by atoms with van der Waals surface area (Å²) in [5.41, 5.74) is -0.361. The maximum absolute atomic E-state index is 9.76. The summed E-state index contributed by atoms with van der Waals surface area (Å²) in [5, 5.41) is 19.4. The molecule has 4 nitrogen and oxygen atoms in total. The van der Waals surface area contributed by atoms with Gasteiger partial charge in [0.05, 0.1) is 0 Å². The fourth-order valence-electron chi connectivity index (χ4n) is 2.03. The summed E-state index contributed by atoms with van der Waals surface area (Å²) >= 11 is 1.57. The van der Waals surface area contributed by atoms with Gasteiger partial charge in [-0.2, -0.15) is 0 Å². The largest absolute Gasteiger partial charge is 0.387 e. The molecule has 0 radical (unpaired) electrons. The van der Waals surface area contributed by atoms with Crippen LogP contribution in [0.5, 0.6) is 0 Å². The topological polar surface area (TPSA) is 58.9 Å². The maximum atomic E-state index is 9.76. The summed E-state index contributed by atoms with van der Waals surface area (Å²) in [4.78, 5) is 0.